The number of aromatic nitrogens is 4. The lowest BCUT2D eigenvalue weighted by Gasteiger charge is -2.26. The van der Waals surface area contributed by atoms with Crippen LogP contribution in [0.3, 0.4) is 0 Å². The number of anilines is 1. The van der Waals surface area contributed by atoms with E-state index in [2.05, 4.69) is 20.5 Å². The van der Waals surface area contributed by atoms with Gasteiger partial charge in [-0.05, 0) is 32.0 Å². The van der Waals surface area contributed by atoms with Gasteiger partial charge in [-0.1, -0.05) is 6.07 Å². The maximum atomic E-state index is 14.6. The molecule has 31 heavy (non-hydrogen) atoms. The van der Waals surface area contributed by atoms with Crippen LogP contribution in [-0.2, 0) is 4.74 Å². The van der Waals surface area contributed by atoms with Gasteiger partial charge in [0, 0.05) is 19.2 Å². The maximum absolute atomic E-state index is 14.6. The Labute approximate surface area is 178 Å². The Morgan fingerprint density at radius 2 is 2.19 bits per heavy atom. The fourth-order valence-electron chi connectivity index (χ4n) is 3.19. The summed E-state index contributed by atoms with van der Waals surface area (Å²) in [6, 6.07) is 7.70. The fourth-order valence-corrected chi connectivity index (χ4v) is 3.19. The molecule has 0 saturated carbocycles. The Hall–Kier alpha value is -3.53. The van der Waals surface area contributed by atoms with E-state index < -0.39 is 11.7 Å². The molecule has 1 amide bonds. The first-order valence-corrected chi connectivity index (χ1v) is 9.76. The molecule has 1 aliphatic rings. The zero-order chi connectivity index (χ0) is 22.0. The minimum atomic E-state index is -0.722. The Morgan fingerprint density at radius 1 is 1.35 bits per heavy atom. The van der Waals surface area contributed by atoms with Crippen LogP contribution < -0.4 is 14.8 Å². The van der Waals surface area contributed by atoms with E-state index in [1.165, 1.54) is 6.07 Å². The molecule has 3 aromatic rings. The normalized spacial score (nSPS) is 15.2. The van der Waals surface area contributed by atoms with Crippen LogP contribution in [0.25, 0.3) is 11.5 Å². The van der Waals surface area contributed by atoms with Crippen LogP contribution in [-0.4, -0.2) is 52.1 Å². The molecule has 1 aromatic carbocycles. The fraction of sp³-hybridized carbons (Fsp3) is 0.333. The second-order valence-corrected chi connectivity index (χ2v) is 7.30. The van der Waals surface area contributed by atoms with E-state index in [0.717, 1.165) is 6.07 Å². The minimum Gasteiger partial charge on any atom is -0.486 e. The molecule has 1 aliphatic heterocycles. The second kappa shape index (κ2) is 8.68. The van der Waals surface area contributed by atoms with Crippen molar-refractivity contribution in [3.63, 3.8) is 0 Å². The smallest absolute Gasteiger partial charge is 0.259 e. The number of hydrogen-bond acceptors (Lipinski definition) is 7. The van der Waals surface area contributed by atoms with Gasteiger partial charge in [0.05, 0.1) is 12.2 Å². The van der Waals surface area contributed by atoms with Crippen molar-refractivity contribution in [1.82, 2.24) is 19.7 Å². The van der Waals surface area contributed by atoms with E-state index in [1.807, 2.05) is 18.4 Å². The molecule has 162 valence electrons. The third-order valence-electron chi connectivity index (χ3n) is 4.70. The van der Waals surface area contributed by atoms with Crippen molar-refractivity contribution in [2.24, 2.45) is 0 Å². The molecule has 0 unspecified atom stereocenters. The number of carbonyl (C=O) groups excluding carboxylic acids is 1. The summed E-state index contributed by atoms with van der Waals surface area (Å²) >= 11 is 0. The summed E-state index contributed by atoms with van der Waals surface area (Å²) in [4.78, 5) is 17.2. The van der Waals surface area contributed by atoms with Crippen LogP contribution in [0.2, 0.25) is 0 Å². The van der Waals surface area contributed by atoms with Gasteiger partial charge in [-0.15, -0.1) is 10.2 Å². The highest BCUT2D eigenvalue weighted by atomic mass is 19.1. The van der Waals surface area contributed by atoms with Gasteiger partial charge < -0.3 is 24.1 Å². The average molecular weight is 427 g/mol. The summed E-state index contributed by atoms with van der Waals surface area (Å²) < 4.78 is 32.7. The number of rotatable bonds is 6. The molecule has 0 aliphatic carbocycles. The van der Waals surface area contributed by atoms with E-state index >= 15 is 0 Å². The van der Waals surface area contributed by atoms with Crippen molar-refractivity contribution >= 4 is 11.7 Å². The lowest BCUT2D eigenvalue weighted by Crippen LogP contribution is -2.33. The first kappa shape index (κ1) is 20.7. The Bertz CT molecular complexity index is 1100. The van der Waals surface area contributed by atoms with Crippen molar-refractivity contribution < 1.29 is 23.4 Å². The van der Waals surface area contributed by atoms with Gasteiger partial charge in [-0.25, -0.2) is 9.37 Å². The number of nitrogens with one attached hydrogen (secondary N) is 1. The molecule has 4 rings (SSSR count). The number of halogens is 1. The SMILES string of the molecule is COC[C@H]1COc2cc(F)c(C(=O)Nc3cccc(-c4nncn4C(C)C)n3)cc2O1. The monoisotopic (exact) mass is 427 g/mol. The molecular weight excluding hydrogens is 405 g/mol. The van der Waals surface area contributed by atoms with Crippen LogP contribution in [0.1, 0.15) is 30.2 Å². The van der Waals surface area contributed by atoms with Gasteiger partial charge in [0.1, 0.15) is 30.3 Å². The molecule has 0 saturated heterocycles. The number of methoxy groups -OCH3 is 1. The van der Waals surface area contributed by atoms with Gasteiger partial charge in [-0.3, -0.25) is 4.79 Å². The predicted molar refractivity (Wildman–Crippen MR) is 110 cm³/mol. The van der Waals surface area contributed by atoms with Crippen LogP contribution >= 0.6 is 0 Å². The standard InChI is InChI=1S/C21H22FN5O4/c1-12(2)27-11-23-26-20(27)16-5-4-6-19(24-16)25-21(28)14-7-18-17(8-15(14)22)30-10-13(31-18)9-29-3/h4-8,11-13H,9-10H2,1-3H3,(H,24,25,28)/t13-/m0/s1. The van der Waals surface area contributed by atoms with E-state index in [-0.39, 0.29) is 41.6 Å². The Morgan fingerprint density at radius 3 is 2.97 bits per heavy atom. The number of amides is 1. The van der Waals surface area contributed by atoms with Crippen LogP contribution in [0.4, 0.5) is 10.2 Å². The summed E-state index contributed by atoms with van der Waals surface area (Å²) in [5.41, 5.74) is 0.354. The number of pyridine rings is 1. The van der Waals surface area contributed by atoms with E-state index in [0.29, 0.717) is 18.1 Å². The number of hydrogen-bond donors (Lipinski definition) is 1. The highest BCUT2D eigenvalue weighted by Gasteiger charge is 2.25. The molecule has 1 atom stereocenters. The second-order valence-electron chi connectivity index (χ2n) is 7.30. The van der Waals surface area contributed by atoms with Crippen LogP contribution in [0, 0.1) is 5.82 Å². The van der Waals surface area contributed by atoms with Gasteiger partial charge in [0.25, 0.3) is 5.91 Å². The van der Waals surface area contributed by atoms with Gasteiger partial charge in [0.2, 0.25) is 0 Å². The van der Waals surface area contributed by atoms with E-state index in [4.69, 9.17) is 14.2 Å². The minimum absolute atomic E-state index is 0.138. The highest BCUT2D eigenvalue weighted by molar-refractivity contribution is 6.04. The molecule has 0 fully saturated rings. The number of ether oxygens (including phenoxy) is 3. The topological polar surface area (TPSA) is 100 Å². The van der Waals surface area contributed by atoms with E-state index in [9.17, 15) is 9.18 Å². The summed E-state index contributed by atoms with van der Waals surface area (Å²) in [6.45, 7) is 4.56. The van der Waals surface area contributed by atoms with E-state index in [1.54, 1.807) is 31.6 Å². The molecule has 1 N–H and O–H groups in total. The molecule has 0 bridgehead atoms. The van der Waals surface area contributed by atoms with Crippen molar-refractivity contribution in [3.05, 3.63) is 48.0 Å². The molecule has 10 heteroatoms. The molecule has 2 aromatic heterocycles. The van der Waals surface area contributed by atoms with Crippen molar-refractivity contribution in [3.8, 4) is 23.0 Å². The zero-order valence-electron chi connectivity index (χ0n) is 17.3. The molecule has 3 heterocycles. The van der Waals surface area contributed by atoms with Crippen molar-refractivity contribution in [1.29, 1.82) is 0 Å². The van der Waals surface area contributed by atoms with Crippen LogP contribution in [0.5, 0.6) is 11.5 Å². The lowest BCUT2D eigenvalue weighted by atomic mass is 10.1. The average Bonchev–Trinajstić information content (AvgIpc) is 3.24. The number of fused-ring (bicyclic) bond motifs is 1. The third-order valence-corrected chi connectivity index (χ3v) is 4.70. The lowest BCUT2D eigenvalue weighted by molar-refractivity contribution is 0.0269. The Kier molecular flexibility index (Phi) is 5.81. The van der Waals surface area contributed by atoms with Gasteiger partial charge >= 0.3 is 0 Å². The quantitative estimate of drug-likeness (QED) is 0.645. The van der Waals surface area contributed by atoms with Gasteiger partial charge in [0.15, 0.2) is 23.4 Å². The van der Waals surface area contributed by atoms with Crippen LogP contribution in [0.15, 0.2) is 36.7 Å². The van der Waals surface area contributed by atoms with Crippen molar-refractivity contribution in [2.45, 2.75) is 26.0 Å². The first-order chi connectivity index (χ1) is 15.0. The highest BCUT2D eigenvalue weighted by Crippen LogP contribution is 2.34. The maximum Gasteiger partial charge on any atom is 0.259 e. The number of carbonyl (C=O) groups is 1. The summed E-state index contributed by atoms with van der Waals surface area (Å²) in [6.07, 6.45) is 1.28. The largest absolute Gasteiger partial charge is 0.486 e. The molecule has 0 spiro atoms. The third kappa shape index (κ3) is 4.33. The van der Waals surface area contributed by atoms with Crippen molar-refractivity contribution in [2.75, 3.05) is 25.6 Å². The summed E-state index contributed by atoms with van der Waals surface area (Å²) in [7, 11) is 1.55. The molecular formula is C21H22FN5O4. The molecule has 0 radical (unpaired) electrons. The zero-order valence-corrected chi connectivity index (χ0v) is 17.3. The number of nitrogens with zero attached hydrogens (tertiary/aromatic N) is 4. The molecule has 9 nitrogen and oxygen atoms in total. The predicted octanol–water partition coefficient (Wildman–Crippen LogP) is 3.10. The van der Waals surface area contributed by atoms with Gasteiger partial charge in [-0.2, -0.15) is 0 Å². The summed E-state index contributed by atoms with van der Waals surface area (Å²) in [5, 5.41) is 10.7. The summed E-state index contributed by atoms with van der Waals surface area (Å²) in [5.74, 6) is -0.0252. The first-order valence-electron chi connectivity index (χ1n) is 9.76. The number of benzene rings is 1. The Balaban J connectivity index is 1.56.